The molecule has 0 N–H and O–H groups in total. The molecule has 6 heteroatoms. The first-order chi connectivity index (χ1) is 8.41. The lowest BCUT2D eigenvalue weighted by atomic mass is 10.1. The van der Waals surface area contributed by atoms with E-state index >= 15 is 0 Å². The molecule has 0 fully saturated rings. The lowest BCUT2D eigenvalue weighted by Gasteiger charge is -2.13. The van der Waals surface area contributed by atoms with Crippen molar-refractivity contribution in [3.05, 3.63) is 35.9 Å². The van der Waals surface area contributed by atoms with Crippen molar-refractivity contribution in [2.75, 3.05) is 11.9 Å². The maximum absolute atomic E-state index is 11.9. The van der Waals surface area contributed by atoms with Gasteiger partial charge in [0.25, 0.3) is 5.91 Å². The van der Waals surface area contributed by atoms with E-state index in [1.165, 1.54) is 17.0 Å². The molecule has 18 heavy (non-hydrogen) atoms. The number of hydrogen-bond donors (Lipinski definition) is 0. The Kier molecular flexibility index (Phi) is 2.05. The summed E-state index contributed by atoms with van der Waals surface area (Å²) in [4.78, 5) is 13.1. The third kappa shape index (κ3) is 1.30. The second kappa shape index (κ2) is 3.30. The van der Waals surface area contributed by atoms with Gasteiger partial charge in [0.15, 0.2) is 0 Å². The van der Waals surface area contributed by atoms with Crippen molar-refractivity contribution in [2.45, 2.75) is 4.90 Å². The molecule has 5 nitrogen and oxygen atoms in total. The van der Waals surface area contributed by atoms with Gasteiger partial charge >= 0.3 is 0 Å². The summed E-state index contributed by atoms with van der Waals surface area (Å²) in [6.07, 6.45) is 0. The monoisotopic (exact) mass is 262 g/mol. The summed E-state index contributed by atoms with van der Waals surface area (Å²) in [7, 11) is -2.94. The highest BCUT2D eigenvalue weighted by atomic mass is 32.2. The Morgan fingerprint density at radius 3 is 2.56 bits per heavy atom. The van der Waals surface area contributed by atoms with Crippen LogP contribution in [0.2, 0.25) is 0 Å². The summed E-state index contributed by atoms with van der Waals surface area (Å²) in [5, 5.41) is 0.833. The summed E-state index contributed by atoms with van der Waals surface area (Å²) < 4.78 is 33.6. The average molecular weight is 262 g/mol. The molecule has 0 radical (unpaired) electrons. The Labute approximate surface area is 103 Å². The second-order valence-electron chi connectivity index (χ2n) is 4.13. The van der Waals surface area contributed by atoms with E-state index < -0.39 is 10.1 Å². The molecule has 0 unspecified atom stereocenters. The highest BCUT2D eigenvalue weighted by Gasteiger charge is 2.28. The molecule has 0 saturated heterocycles. The number of amides is 1. The summed E-state index contributed by atoms with van der Waals surface area (Å²) >= 11 is 0. The van der Waals surface area contributed by atoms with Gasteiger partial charge in [-0.05, 0) is 18.2 Å². The summed E-state index contributed by atoms with van der Waals surface area (Å²) in [6, 6.07) is 7.48. The van der Waals surface area contributed by atoms with Crippen LogP contribution in [0.25, 0.3) is 10.8 Å². The van der Waals surface area contributed by atoms with Crippen molar-refractivity contribution in [1.82, 2.24) is 0 Å². The van der Waals surface area contributed by atoms with Gasteiger partial charge in [0.05, 0.1) is 10.6 Å². The van der Waals surface area contributed by atoms with Crippen molar-refractivity contribution < 1.29 is 17.8 Å². The van der Waals surface area contributed by atoms with Crippen LogP contribution in [-0.4, -0.2) is 25.9 Å². The van der Waals surface area contributed by atoms with Crippen LogP contribution in [0.5, 0.6) is 0 Å². The van der Waals surface area contributed by atoms with Gasteiger partial charge < -0.3 is 9.45 Å². The van der Waals surface area contributed by atoms with Crippen molar-refractivity contribution >= 4 is 32.5 Å². The summed E-state index contributed by atoms with van der Waals surface area (Å²) in [5.74, 6) is -0.198. The largest absolute Gasteiger partial charge is 0.744 e. The predicted molar refractivity (Wildman–Crippen MR) is 64.6 cm³/mol. The van der Waals surface area contributed by atoms with Gasteiger partial charge in [0.2, 0.25) is 0 Å². The number of benzene rings is 2. The van der Waals surface area contributed by atoms with Gasteiger partial charge in [-0.15, -0.1) is 0 Å². The van der Waals surface area contributed by atoms with Crippen molar-refractivity contribution in [1.29, 1.82) is 0 Å². The number of carbonyl (C=O) groups is 1. The second-order valence-corrected chi connectivity index (χ2v) is 5.48. The molecule has 0 aliphatic carbocycles. The molecule has 2 aromatic rings. The fourth-order valence-electron chi connectivity index (χ4n) is 2.33. The topological polar surface area (TPSA) is 77.5 Å². The van der Waals surface area contributed by atoms with Crippen LogP contribution in [0.1, 0.15) is 10.4 Å². The first-order valence-electron chi connectivity index (χ1n) is 5.21. The van der Waals surface area contributed by atoms with E-state index in [0.29, 0.717) is 22.0 Å². The Morgan fingerprint density at radius 2 is 1.89 bits per heavy atom. The molecule has 1 aliphatic rings. The number of carbonyl (C=O) groups excluding carboxylic acids is 1. The molecule has 1 heterocycles. The molecule has 0 saturated carbocycles. The van der Waals surface area contributed by atoms with Crippen molar-refractivity contribution in [3.63, 3.8) is 0 Å². The number of nitrogens with zero attached hydrogens (tertiary/aromatic N) is 1. The van der Waals surface area contributed by atoms with Crippen molar-refractivity contribution in [3.8, 4) is 0 Å². The Morgan fingerprint density at radius 1 is 1.17 bits per heavy atom. The third-order valence-electron chi connectivity index (χ3n) is 3.14. The quantitative estimate of drug-likeness (QED) is 0.726. The SMILES string of the molecule is CN1C(=O)c2cccc3c(S(=O)(=O)[O-])ccc1c23. The lowest BCUT2D eigenvalue weighted by molar-refractivity contribution is 0.0999. The van der Waals surface area contributed by atoms with Crippen LogP contribution in [0, 0.1) is 0 Å². The van der Waals surface area contributed by atoms with E-state index in [1.54, 1.807) is 25.2 Å². The van der Waals surface area contributed by atoms with Gasteiger partial charge in [0, 0.05) is 23.4 Å². The molecule has 1 amide bonds. The Bertz CT molecular complexity index is 795. The minimum atomic E-state index is -4.55. The normalized spacial score (nSPS) is 14.6. The summed E-state index contributed by atoms with van der Waals surface area (Å²) in [5.41, 5.74) is 1.05. The van der Waals surface area contributed by atoms with E-state index in [0.717, 1.165) is 0 Å². The van der Waals surface area contributed by atoms with Gasteiger partial charge in [-0.25, -0.2) is 8.42 Å². The molecule has 92 valence electrons. The standard InChI is InChI=1S/C12H9NO4S/c1-13-9-5-6-10(18(15,16)17)7-3-2-4-8(11(7)9)12(13)14/h2-6H,1H3,(H,15,16,17)/p-1. The first kappa shape index (κ1) is 11.2. The van der Waals surface area contributed by atoms with Crippen LogP contribution < -0.4 is 4.90 Å². The van der Waals surface area contributed by atoms with Crippen LogP contribution in [0.4, 0.5) is 5.69 Å². The van der Waals surface area contributed by atoms with Crippen LogP contribution in [0.3, 0.4) is 0 Å². The number of anilines is 1. The molecule has 0 aromatic heterocycles. The molecule has 0 spiro atoms. The Hall–Kier alpha value is -1.92. The first-order valence-corrected chi connectivity index (χ1v) is 6.62. The Balaban J connectivity index is 2.54. The maximum Gasteiger partial charge on any atom is 0.258 e. The molecule has 0 atom stereocenters. The predicted octanol–water partition coefficient (Wildman–Crippen LogP) is 1.33. The molecular formula is C12H8NO4S-. The van der Waals surface area contributed by atoms with E-state index in [-0.39, 0.29) is 10.8 Å². The van der Waals surface area contributed by atoms with Gasteiger partial charge in [0.1, 0.15) is 10.1 Å². The zero-order valence-corrected chi connectivity index (χ0v) is 10.2. The fourth-order valence-corrected chi connectivity index (χ4v) is 3.00. The highest BCUT2D eigenvalue weighted by molar-refractivity contribution is 7.86. The maximum atomic E-state index is 11.9. The minimum Gasteiger partial charge on any atom is -0.744 e. The number of rotatable bonds is 1. The third-order valence-corrected chi connectivity index (χ3v) is 4.04. The smallest absolute Gasteiger partial charge is 0.258 e. The van der Waals surface area contributed by atoms with E-state index in [2.05, 4.69) is 0 Å². The fraction of sp³-hybridized carbons (Fsp3) is 0.0833. The zero-order chi connectivity index (χ0) is 13.1. The molecular weight excluding hydrogens is 254 g/mol. The van der Waals surface area contributed by atoms with Gasteiger partial charge in [-0.1, -0.05) is 12.1 Å². The van der Waals surface area contributed by atoms with E-state index in [9.17, 15) is 17.8 Å². The average Bonchev–Trinajstić information content (AvgIpc) is 2.56. The van der Waals surface area contributed by atoms with Crippen LogP contribution in [-0.2, 0) is 10.1 Å². The zero-order valence-electron chi connectivity index (χ0n) is 9.38. The molecule has 0 bridgehead atoms. The number of hydrogen-bond acceptors (Lipinski definition) is 4. The molecule has 1 aliphatic heterocycles. The van der Waals surface area contributed by atoms with Crippen LogP contribution in [0.15, 0.2) is 35.2 Å². The van der Waals surface area contributed by atoms with Crippen LogP contribution >= 0.6 is 0 Å². The summed E-state index contributed by atoms with van der Waals surface area (Å²) in [6.45, 7) is 0. The highest BCUT2D eigenvalue weighted by Crippen LogP contribution is 2.39. The van der Waals surface area contributed by atoms with Gasteiger partial charge in [-0.2, -0.15) is 0 Å². The van der Waals surface area contributed by atoms with Gasteiger partial charge in [-0.3, -0.25) is 4.79 Å². The minimum absolute atomic E-state index is 0.198. The molecule has 2 aromatic carbocycles. The van der Waals surface area contributed by atoms with E-state index in [4.69, 9.17) is 0 Å². The van der Waals surface area contributed by atoms with E-state index in [1.807, 2.05) is 0 Å². The molecule has 3 rings (SSSR count). The lowest BCUT2D eigenvalue weighted by Crippen LogP contribution is -2.20. The van der Waals surface area contributed by atoms with Crippen molar-refractivity contribution in [2.24, 2.45) is 0 Å².